The first-order chi connectivity index (χ1) is 13.7. The summed E-state index contributed by atoms with van der Waals surface area (Å²) in [6.45, 7) is 8.53. The van der Waals surface area contributed by atoms with Crippen LogP contribution in [0.4, 0.5) is 5.82 Å². The number of ether oxygens (including phenoxy) is 1. The van der Waals surface area contributed by atoms with E-state index < -0.39 is 0 Å². The molecule has 0 spiro atoms. The number of hydrogen-bond donors (Lipinski definition) is 2. The van der Waals surface area contributed by atoms with Gasteiger partial charge in [0.05, 0.1) is 18.2 Å². The number of pyridine rings is 1. The Hall–Kier alpha value is -1.57. The molecule has 2 unspecified atom stereocenters. The summed E-state index contributed by atoms with van der Waals surface area (Å²) in [5.41, 5.74) is 0. The third-order valence-electron chi connectivity index (χ3n) is 5.45. The molecule has 3 rings (SSSR count). The minimum Gasteiger partial charge on any atom is -0.383 e. The standard InChI is InChI=1S/C20H33ClN6O/c1-3-22-20(24-14-17-6-5-10-26(17)12-13-28-2)25-16-8-11-27(15-16)19-18(21)7-4-9-23-19/h4,7,9,16-17H,3,5-6,8,10-15H2,1-2H3,(H2,22,24,25). The second-order valence-corrected chi connectivity index (χ2v) is 7.84. The van der Waals surface area contributed by atoms with Crippen LogP contribution in [0.3, 0.4) is 0 Å². The van der Waals surface area contributed by atoms with E-state index in [4.69, 9.17) is 21.3 Å². The van der Waals surface area contributed by atoms with Gasteiger partial charge in [0.15, 0.2) is 5.96 Å². The summed E-state index contributed by atoms with van der Waals surface area (Å²) < 4.78 is 5.24. The monoisotopic (exact) mass is 408 g/mol. The highest BCUT2D eigenvalue weighted by Crippen LogP contribution is 2.25. The van der Waals surface area contributed by atoms with E-state index in [0.29, 0.717) is 17.1 Å². The van der Waals surface area contributed by atoms with Gasteiger partial charge in [-0.15, -0.1) is 0 Å². The largest absolute Gasteiger partial charge is 0.383 e. The average molecular weight is 409 g/mol. The summed E-state index contributed by atoms with van der Waals surface area (Å²) in [6.07, 6.45) is 5.30. The van der Waals surface area contributed by atoms with E-state index in [0.717, 1.165) is 64.1 Å². The van der Waals surface area contributed by atoms with E-state index in [1.54, 1.807) is 13.3 Å². The van der Waals surface area contributed by atoms with Crippen LogP contribution in [0.15, 0.2) is 23.3 Å². The molecule has 0 aromatic carbocycles. The predicted molar refractivity (Wildman–Crippen MR) is 115 cm³/mol. The van der Waals surface area contributed by atoms with E-state index in [1.807, 2.05) is 12.1 Å². The fraction of sp³-hybridized carbons (Fsp3) is 0.700. The van der Waals surface area contributed by atoms with Crippen LogP contribution < -0.4 is 15.5 Å². The van der Waals surface area contributed by atoms with Crippen LogP contribution in [0.5, 0.6) is 0 Å². The number of rotatable bonds is 8. The molecule has 156 valence electrons. The van der Waals surface area contributed by atoms with Crippen LogP contribution >= 0.6 is 11.6 Å². The first kappa shape index (κ1) is 21.1. The van der Waals surface area contributed by atoms with Gasteiger partial charge in [0.25, 0.3) is 0 Å². The zero-order valence-electron chi connectivity index (χ0n) is 17.0. The number of halogens is 1. The molecule has 2 fully saturated rings. The Morgan fingerprint density at radius 3 is 3.07 bits per heavy atom. The number of hydrogen-bond acceptors (Lipinski definition) is 5. The molecule has 0 radical (unpaired) electrons. The van der Waals surface area contributed by atoms with Gasteiger partial charge in [0, 0.05) is 51.6 Å². The number of anilines is 1. The van der Waals surface area contributed by atoms with Crippen molar-refractivity contribution in [2.75, 3.05) is 57.9 Å². The fourth-order valence-electron chi connectivity index (χ4n) is 4.00. The number of aromatic nitrogens is 1. The van der Waals surface area contributed by atoms with Crippen molar-refractivity contribution in [1.82, 2.24) is 20.5 Å². The zero-order valence-corrected chi connectivity index (χ0v) is 17.8. The highest BCUT2D eigenvalue weighted by atomic mass is 35.5. The summed E-state index contributed by atoms with van der Waals surface area (Å²) >= 11 is 6.31. The molecular weight excluding hydrogens is 376 g/mol. The minimum absolute atomic E-state index is 0.337. The van der Waals surface area contributed by atoms with Crippen molar-refractivity contribution >= 4 is 23.4 Å². The summed E-state index contributed by atoms with van der Waals surface area (Å²) in [7, 11) is 1.76. The van der Waals surface area contributed by atoms with Crippen molar-refractivity contribution in [3.8, 4) is 0 Å². The van der Waals surface area contributed by atoms with Crippen molar-refractivity contribution in [3.05, 3.63) is 23.4 Å². The molecule has 0 saturated carbocycles. The van der Waals surface area contributed by atoms with Gasteiger partial charge in [-0.1, -0.05) is 11.6 Å². The zero-order chi connectivity index (χ0) is 19.8. The molecule has 3 heterocycles. The number of methoxy groups -OCH3 is 1. The van der Waals surface area contributed by atoms with Gasteiger partial charge in [-0.05, 0) is 44.9 Å². The quantitative estimate of drug-likeness (QED) is 0.506. The molecule has 0 aliphatic carbocycles. The summed E-state index contributed by atoms with van der Waals surface area (Å²) in [4.78, 5) is 14.1. The normalized spacial score (nSPS) is 23.4. The second-order valence-electron chi connectivity index (χ2n) is 7.43. The summed E-state index contributed by atoms with van der Waals surface area (Å²) in [5, 5.41) is 7.70. The van der Waals surface area contributed by atoms with Crippen LogP contribution in [-0.2, 0) is 4.74 Å². The molecule has 28 heavy (non-hydrogen) atoms. The molecule has 0 bridgehead atoms. The van der Waals surface area contributed by atoms with E-state index >= 15 is 0 Å². The van der Waals surface area contributed by atoms with Crippen LogP contribution in [0.25, 0.3) is 0 Å². The topological polar surface area (TPSA) is 65.0 Å². The highest BCUT2D eigenvalue weighted by Gasteiger charge is 2.26. The van der Waals surface area contributed by atoms with Gasteiger partial charge in [0.1, 0.15) is 5.82 Å². The van der Waals surface area contributed by atoms with Gasteiger partial charge in [-0.3, -0.25) is 9.89 Å². The highest BCUT2D eigenvalue weighted by molar-refractivity contribution is 6.32. The predicted octanol–water partition coefficient (Wildman–Crippen LogP) is 1.98. The Morgan fingerprint density at radius 2 is 2.29 bits per heavy atom. The van der Waals surface area contributed by atoms with Gasteiger partial charge in [-0.25, -0.2) is 4.98 Å². The molecule has 2 saturated heterocycles. The maximum Gasteiger partial charge on any atom is 0.191 e. The Kier molecular flexibility index (Phi) is 8.18. The van der Waals surface area contributed by atoms with E-state index in [-0.39, 0.29) is 0 Å². The number of likely N-dealkylation sites (tertiary alicyclic amines) is 1. The van der Waals surface area contributed by atoms with Crippen molar-refractivity contribution in [2.45, 2.75) is 38.3 Å². The third-order valence-corrected chi connectivity index (χ3v) is 5.75. The summed E-state index contributed by atoms with van der Waals surface area (Å²) in [5.74, 6) is 1.77. The number of aliphatic imine (C=N–C) groups is 1. The fourth-order valence-corrected chi connectivity index (χ4v) is 4.24. The Balaban J connectivity index is 1.54. The lowest BCUT2D eigenvalue weighted by molar-refractivity contribution is 0.142. The SMILES string of the molecule is CCNC(=NCC1CCCN1CCOC)NC1CCN(c2ncccc2Cl)C1. The summed E-state index contributed by atoms with van der Waals surface area (Å²) in [6, 6.07) is 4.61. The molecule has 1 aromatic heterocycles. The van der Waals surface area contributed by atoms with Crippen LogP contribution in [-0.4, -0.2) is 80.9 Å². The van der Waals surface area contributed by atoms with E-state index in [9.17, 15) is 0 Å². The molecule has 2 aliphatic heterocycles. The maximum atomic E-state index is 6.31. The Bertz CT molecular complexity index is 643. The average Bonchev–Trinajstić information content (AvgIpc) is 3.34. The molecule has 0 amide bonds. The van der Waals surface area contributed by atoms with Crippen molar-refractivity contribution in [1.29, 1.82) is 0 Å². The lowest BCUT2D eigenvalue weighted by atomic mass is 10.2. The van der Waals surface area contributed by atoms with E-state index in [2.05, 4.69) is 32.3 Å². The van der Waals surface area contributed by atoms with E-state index in [1.165, 1.54) is 12.8 Å². The van der Waals surface area contributed by atoms with Crippen molar-refractivity contribution in [3.63, 3.8) is 0 Å². The third kappa shape index (κ3) is 5.72. The molecule has 2 atom stereocenters. The van der Waals surface area contributed by atoms with Gasteiger partial charge >= 0.3 is 0 Å². The molecule has 7 nitrogen and oxygen atoms in total. The lowest BCUT2D eigenvalue weighted by Crippen LogP contribution is -2.45. The molecule has 2 N–H and O–H groups in total. The molecular formula is C20H33ClN6O. The first-order valence-electron chi connectivity index (χ1n) is 10.3. The van der Waals surface area contributed by atoms with Gasteiger partial charge < -0.3 is 20.3 Å². The van der Waals surface area contributed by atoms with Crippen LogP contribution in [0.1, 0.15) is 26.2 Å². The van der Waals surface area contributed by atoms with Crippen LogP contribution in [0.2, 0.25) is 5.02 Å². The smallest absolute Gasteiger partial charge is 0.191 e. The maximum absolute atomic E-state index is 6.31. The first-order valence-corrected chi connectivity index (χ1v) is 10.7. The number of nitrogens with zero attached hydrogens (tertiary/aromatic N) is 4. The molecule has 2 aliphatic rings. The lowest BCUT2D eigenvalue weighted by Gasteiger charge is -2.24. The number of nitrogens with one attached hydrogen (secondary N) is 2. The molecule has 8 heteroatoms. The Labute approximate surface area is 173 Å². The number of guanidine groups is 1. The Morgan fingerprint density at radius 1 is 1.39 bits per heavy atom. The van der Waals surface area contributed by atoms with Gasteiger partial charge in [-0.2, -0.15) is 0 Å². The molecule has 1 aromatic rings. The van der Waals surface area contributed by atoms with Crippen LogP contribution in [0, 0.1) is 0 Å². The van der Waals surface area contributed by atoms with Crippen molar-refractivity contribution < 1.29 is 4.74 Å². The van der Waals surface area contributed by atoms with Crippen molar-refractivity contribution in [2.24, 2.45) is 4.99 Å². The second kappa shape index (κ2) is 10.8. The minimum atomic E-state index is 0.337. The van der Waals surface area contributed by atoms with Gasteiger partial charge in [0.2, 0.25) is 0 Å².